The molecule has 32 heavy (non-hydrogen) atoms. The summed E-state index contributed by atoms with van der Waals surface area (Å²) in [6, 6.07) is 8.70. The topological polar surface area (TPSA) is 75.3 Å². The number of aromatic nitrogens is 2. The van der Waals surface area contributed by atoms with Crippen LogP contribution in [0.3, 0.4) is 0 Å². The van der Waals surface area contributed by atoms with Crippen LogP contribution in [0, 0.1) is 18.2 Å². The predicted octanol–water partition coefficient (Wildman–Crippen LogP) is 3.34. The summed E-state index contributed by atoms with van der Waals surface area (Å²) in [5.41, 5.74) is 6.67. The molecule has 0 aliphatic carbocycles. The first-order valence-corrected chi connectivity index (χ1v) is 11.5. The first-order valence-electron chi connectivity index (χ1n) is 11.5. The fourth-order valence-corrected chi connectivity index (χ4v) is 5.38. The summed E-state index contributed by atoms with van der Waals surface area (Å²) in [6.45, 7) is 7.00. The summed E-state index contributed by atoms with van der Waals surface area (Å²) in [7, 11) is 2.08. The van der Waals surface area contributed by atoms with Gasteiger partial charge in [-0.1, -0.05) is 25.1 Å². The molecular weight excluding hydrogens is 405 g/mol. The quantitative estimate of drug-likeness (QED) is 0.791. The molecule has 2 aliphatic rings. The summed E-state index contributed by atoms with van der Waals surface area (Å²) in [4.78, 5) is 27.2. The minimum atomic E-state index is -0.576. The Morgan fingerprint density at radius 2 is 1.88 bits per heavy atom. The number of hydrogen-bond donors (Lipinski definition) is 1. The molecule has 1 aromatic carbocycles. The van der Waals surface area contributed by atoms with Crippen molar-refractivity contribution in [3.05, 3.63) is 53.2 Å². The summed E-state index contributed by atoms with van der Waals surface area (Å²) < 4.78 is 14.6. The van der Waals surface area contributed by atoms with Gasteiger partial charge in [0.05, 0.1) is 11.1 Å². The summed E-state index contributed by atoms with van der Waals surface area (Å²) in [5, 5.41) is 0. The lowest BCUT2D eigenvalue weighted by Gasteiger charge is -2.47. The molecule has 2 fully saturated rings. The van der Waals surface area contributed by atoms with E-state index in [0.717, 1.165) is 51.0 Å². The van der Waals surface area contributed by atoms with Crippen LogP contribution in [-0.2, 0) is 16.6 Å². The second-order valence-electron chi connectivity index (χ2n) is 9.97. The third-order valence-electron chi connectivity index (χ3n) is 7.34. The molecule has 2 saturated heterocycles. The lowest BCUT2D eigenvalue weighted by molar-refractivity contribution is -0.147. The van der Waals surface area contributed by atoms with Crippen molar-refractivity contribution in [2.75, 3.05) is 39.0 Å². The van der Waals surface area contributed by atoms with Crippen molar-refractivity contribution in [2.45, 2.75) is 51.4 Å². The van der Waals surface area contributed by atoms with Crippen LogP contribution < -0.4 is 5.73 Å². The normalized spacial score (nSPS) is 23.8. The Balaban J connectivity index is 1.62. The van der Waals surface area contributed by atoms with E-state index in [1.807, 2.05) is 30.0 Å². The minimum absolute atomic E-state index is 0.151. The Hall–Kier alpha value is -2.54. The summed E-state index contributed by atoms with van der Waals surface area (Å²) >= 11 is 0. The van der Waals surface area contributed by atoms with Gasteiger partial charge in [-0.2, -0.15) is 0 Å². The number of halogens is 1. The van der Waals surface area contributed by atoms with Gasteiger partial charge in [0, 0.05) is 24.6 Å². The number of carbonyl (C=O) groups is 1. The first-order chi connectivity index (χ1) is 15.2. The molecule has 6 nitrogen and oxygen atoms in total. The van der Waals surface area contributed by atoms with Gasteiger partial charge in [-0.05, 0) is 70.8 Å². The molecular formula is C25H34FN5O. The van der Waals surface area contributed by atoms with Crippen molar-refractivity contribution in [3.8, 4) is 0 Å². The zero-order valence-electron chi connectivity index (χ0n) is 19.4. The molecule has 7 heteroatoms. The standard InChI is InChI=1S/C25H34FN5O/c1-18-28-21(15-22(27)29-18)24(2)9-6-12-31(17-24)23(32)25(10-13-30(3)14-11-25)16-19-7-4-5-8-20(19)26/h4-5,7-8,15H,6,9-14,16-17H2,1-3H3,(H2,27,28,29)/t24-/m0/s1. The average Bonchev–Trinajstić information content (AvgIpc) is 2.76. The molecule has 1 amide bonds. The maximum Gasteiger partial charge on any atom is 0.229 e. The van der Waals surface area contributed by atoms with Crippen LogP contribution in [0.25, 0.3) is 0 Å². The van der Waals surface area contributed by atoms with Gasteiger partial charge in [-0.15, -0.1) is 0 Å². The Morgan fingerprint density at radius 1 is 1.16 bits per heavy atom. The lowest BCUT2D eigenvalue weighted by atomic mass is 9.71. The van der Waals surface area contributed by atoms with Crippen LogP contribution in [-0.4, -0.2) is 58.9 Å². The van der Waals surface area contributed by atoms with E-state index >= 15 is 0 Å². The fourth-order valence-electron chi connectivity index (χ4n) is 5.38. The van der Waals surface area contributed by atoms with Gasteiger partial charge < -0.3 is 15.5 Å². The smallest absolute Gasteiger partial charge is 0.229 e. The van der Waals surface area contributed by atoms with Gasteiger partial charge in [-0.3, -0.25) is 4.79 Å². The van der Waals surface area contributed by atoms with Gasteiger partial charge in [-0.25, -0.2) is 14.4 Å². The van der Waals surface area contributed by atoms with Crippen LogP contribution >= 0.6 is 0 Å². The molecule has 1 atom stereocenters. The van der Waals surface area contributed by atoms with E-state index in [2.05, 4.69) is 28.8 Å². The number of anilines is 1. The van der Waals surface area contributed by atoms with Crippen LogP contribution in [0.2, 0.25) is 0 Å². The van der Waals surface area contributed by atoms with Crippen molar-refractivity contribution in [1.82, 2.24) is 19.8 Å². The number of nitrogens with two attached hydrogens (primary N) is 1. The van der Waals surface area contributed by atoms with E-state index in [1.54, 1.807) is 6.07 Å². The highest BCUT2D eigenvalue weighted by molar-refractivity contribution is 5.83. The van der Waals surface area contributed by atoms with Crippen molar-refractivity contribution in [3.63, 3.8) is 0 Å². The van der Waals surface area contributed by atoms with E-state index in [1.165, 1.54) is 6.07 Å². The third kappa shape index (κ3) is 4.49. The zero-order chi connectivity index (χ0) is 22.9. The van der Waals surface area contributed by atoms with Gasteiger partial charge in [0.25, 0.3) is 0 Å². The Labute approximate surface area is 190 Å². The van der Waals surface area contributed by atoms with Crippen molar-refractivity contribution in [1.29, 1.82) is 0 Å². The third-order valence-corrected chi connectivity index (χ3v) is 7.34. The first kappa shape index (κ1) is 22.6. The molecule has 2 aromatic rings. The lowest BCUT2D eigenvalue weighted by Crippen LogP contribution is -2.55. The molecule has 0 spiro atoms. The number of aryl methyl sites for hydroxylation is 1. The van der Waals surface area contributed by atoms with Crippen molar-refractivity contribution >= 4 is 11.7 Å². The highest BCUT2D eigenvalue weighted by atomic mass is 19.1. The Kier molecular flexibility index (Phi) is 6.21. The number of nitrogen functional groups attached to an aromatic ring is 1. The molecule has 2 aliphatic heterocycles. The minimum Gasteiger partial charge on any atom is -0.384 e. The number of nitrogens with zero attached hydrogens (tertiary/aromatic N) is 4. The highest BCUT2D eigenvalue weighted by Gasteiger charge is 2.46. The van der Waals surface area contributed by atoms with E-state index in [0.29, 0.717) is 30.2 Å². The van der Waals surface area contributed by atoms with Gasteiger partial charge in [0.1, 0.15) is 17.5 Å². The zero-order valence-corrected chi connectivity index (χ0v) is 19.4. The van der Waals surface area contributed by atoms with E-state index < -0.39 is 5.41 Å². The van der Waals surface area contributed by atoms with Crippen LogP contribution in [0.4, 0.5) is 10.2 Å². The molecule has 0 saturated carbocycles. The van der Waals surface area contributed by atoms with E-state index in [-0.39, 0.29) is 17.1 Å². The SMILES string of the molecule is Cc1nc(N)cc([C@@]2(C)CCCN(C(=O)C3(Cc4ccccc4F)CCN(C)CC3)C2)n1. The van der Waals surface area contributed by atoms with Crippen LogP contribution in [0.1, 0.15) is 49.7 Å². The summed E-state index contributed by atoms with van der Waals surface area (Å²) in [5.74, 6) is 1.03. The Bertz CT molecular complexity index is 968. The van der Waals surface area contributed by atoms with E-state index in [9.17, 15) is 9.18 Å². The number of piperidine rings is 2. The molecule has 0 radical (unpaired) electrons. The van der Waals surface area contributed by atoms with Gasteiger partial charge in [0.2, 0.25) is 5.91 Å². The molecule has 0 unspecified atom stereocenters. The highest BCUT2D eigenvalue weighted by Crippen LogP contribution is 2.40. The number of carbonyl (C=O) groups excluding carboxylic acids is 1. The number of hydrogen-bond acceptors (Lipinski definition) is 5. The molecule has 172 valence electrons. The average molecular weight is 440 g/mol. The van der Waals surface area contributed by atoms with Crippen LogP contribution in [0.15, 0.2) is 30.3 Å². The fraction of sp³-hybridized carbons (Fsp3) is 0.560. The maximum absolute atomic E-state index is 14.6. The molecule has 4 rings (SSSR count). The van der Waals surface area contributed by atoms with Crippen LogP contribution in [0.5, 0.6) is 0 Å². The summed E-state index contributed by atoms with van der Waals surface area (Å²) in [6.07, 6.45) is 3.77. The number of likely N-dealkylation sites (tertiary alicyclic amines) is 2. The molecule has 0 bridgehead atoms. The predicted molar refractivity (Wildman–Crippen MR) is 124 cm³/mol. The van der Waals surface area contributed by atoms with E-state index in [4.69, 9.17) is 5.73 Å². The number of benzene rings is 1. The maximum atomic E-state index is 14.6. The molecule has 2 N–H and O–H groups in total. The van der Waals surface area contributed by atoms with Crippen molar-refractivity contribution in [2.24, 2.45) is 5.41 Å². The largest absolute Gasteiger partial charge is 0.384 e. The Morgan fingerprint density at radius 3 is 2.56 bits per heavy atom. The van der Waals surface area contributed by atoms with Gasteiger partial charge >= 0.3 is 0 Å². The second-order valence-corrected chi connectivity index (χ2v) is 9.97. The number of amides is 1. The van der Waals surface area contributed by atoms with Gasteiger partial charge in [0.15, 0.2) is 0 Å². The number of rotatable bonds is 4. The van der Waals surface area contributed by atoms with Crippen molar-refractivity contribution < 1.29 is 9.18 Å². The molecule has 3 heterocycles. The monoisotopic (exact) mass is 439 g/mol. The second kappa shape index (κ2) is 8.77. The molecule has 1 aromatic heterocycles.